The molecule has 2 atom stereocenters. The highest BCUT2D eigenvalue weighted by atomic mass is 35.5. The second kappa shape index (κ2) is 7.19. The zero-order valence-corrected chi connectivity index (χ0v) is 11.6. The van der Waals surface area contributed by atoms with Gasteiger partial charge in [-0.05, 0) is 24.6 Å². The van der Waals surface area contributed by atoms with Crippen molar-refractivity contribution in [2.45, 2.75) is 19.1 Å². The van der Waals surface area contributed by atoms with Crippen molar-refractivity contribution >= 4 is 23.2 Å². The lowest BCUT2D eigenvalue weighted by molar-refractivity contribution is 0.114. The van der Waals surface area contributed by atoms with E-state index in [1.165, 1.54) is 0 Å². The highest BCUT2D eigenvalue weighted by molar-refractivity contribution is 6.42. The monoisotopic (exact) mass is 276 g/mol. The molecule has 2 unspecified atom stereocenters. The molecule has 0 amide bonds. The Balaban J connectivity index is 2.69. The molecule has 0 bridgehead atoms. The zero-order valence-electron chi connectivity index (χ0n) is 10.0. The maximum Gasteiger partial charge on any atom is 0.0667 e. The fraction of sp³-hybridized carbons (Fsp3) is 0.500. The van der Waals surface area contributed by atoms with Gasteiger partial charge in [0.1, 0.15) is 0 Å². The minimum absolute atomic E-state index is 0.0577. The van der Waals surface area contributed by atoms with E-state index in [0.29, 0.717) is 16.6 Å². The molecule has 0 saturated carbocycles. The summed E-state index contributed by atoms with van der Waals surface area (Å²) in [6, 6.07) is 5.60. The van der Waals surface area contributed by atoms with Gasteiger partial charge in [0.05, 0.1) is 16.1 Å². The summed E-state index contributed by atoms with van der Waals surface area (Å²) >= 11 is 11.9. The molecule has 0 aromatic heterocycles. The molecule has 0 spiro atoms. The Bertz CT molecular complexity index is 360. The quantitative estimate of drug-likeness (QED) is 0.840. The number of halogens is 2. The van der Waals surface area contributed by atoms with Gasteiger partial charge < -0.3 is 15.8 Å². The topological polar surface area (TPSA) is 47.3 Å². The van der Waals surface area contributed by atoms with E-state index in [1.54, 1.807) is 13.2 Å². The van der Waals surface area contributed by atoms with Crippen LogP contribution in [0.5, 0.6) is 0 Å². The summed E-state index contributed by atoms with van der Waals surface area (Å²) < 4.78 is 5.17. The summed E-state index contributed by atoms with van der Waals surface area (Å²) in [4.78, 5) is 0. The summed E-state index contributed by atoms with van der Waals surface area (Å²) in [5, 5.41) is 4.43. The van der Waals surface area contributed by atoms with Crippen molar-refractivity contribution < 1.29 is 4.74 Å². The number of rotatable bonds is 6. The molecule has 1 aromatic carbocycles. The molecular formula is C12H18Cl2N2O. The molecule has 1 rings (SSSR count). The van der Waals surface area contributed by atoms with Gasteiger partial charge in [-0.25, -0.2) is 0 Å². The van der Waals surface area contributed by atoms with E-state index in [4.69, 9.17) is 33.7 Å². The van der Waals surface area contributed by atoms with E-state index in [0.717, 1.165) is 12.1 Å². The van der Waals surface area contributed by atoms with Gasteiger partial charge in [-0.1, -0.05) is 29.3 Å². The van der Waals surface area contributed by atoms with Crippen LogP contribution in [0.15, 0.2) is 18.2 Å². The van der Waals surface area contributed by atoms with E-state index in [-0.39, 0.29) is 12.1 Å². The third-order valence-corrected chi connectivity index (χ3v) is 3.37. The molecular weight excluding hydrogens is 259 g/mol. The highest BCUT2D eigenvalue weighted by Gasteiger charge is 2.11. The lowest BCUT2D eigenvalue weighted by atomic mass is 10.1. The molecule has 0 radical (unpaired) electrons. The first kappa shape index (κ1) is 14.7. The number of ether oxygens (including phenoxy) is 1. The van der Waals surface area contributed by atoms with Crippen LogP contribution in [-0.2, 0) is 4.74 Å². The molecule has 0 heterocycles. The minimum atomic E-state index is 0.0577. The number of methoxy groups -OCH3 is 1. The third kappa shape index (κ3) is 4.45. The van der Waals surface area contributed by atoms with Crippen molar-refractivity contribution in [3.8, 4) is 0 Å². The molecule has 0 saturated heterocycles. The Morgan fingerprint density at radius 1 is 1.35 bits per heavy atom. The molecule has 3 N–H and O–H groups in total. The zero-order chi connectivity index (χ0) is 12.8. The molecule has 0 aliphatic rings. The first-order chi connectivity index (χ1) is 8.08. The molecule has 17 heavy (non-hydrogen) atoms. The number of benzene rings is 1. The maximum atomic E-state index is 5.98. The van der Waals surface area contributed by atoms with E-state index in [2.05, 4.69) is 5.32 Å². The first-order valence-corrected chi connectivity index (χ1v) is 6.25. The smallest absolute Gasteiger partial charge is 0.0667 e. The van der Waals surface area contributed by atoms with Gasteiger partial charge in [-0.15, -0.1) is 0 Å². The van der Waals surface area contributed by atoms with Crippen LogP contribution in [-0.4, -0.2) is 26.3 Å². The molecule has 3 nitrogen and oxygen atoms in total. The third-order valence-electron chi connectivity index (χ3n) is 2.64. The van der Waals surface area contributed by atoms with Crippen LogP contribution < -0.4 is 11.1 Å². The maximum absolute atomic E-state index is 5.98. The lowest BCUT2D eigenvalue weighted by Gasteiger charge is -2.20. The normalized spacial score (nSPS) is 14.6. The standard InChI is InChI=1S/C12H18Cl2N2O/c1-8(17-2)7-16-12(6-15)9-3-4-10(13)11(14)5-9/h3-5,8,12,16H,6-7,15H2,1-2H3. The van der Waals surface area contributed by atoms with Crippen LogP contribution in [0.25, 0.3) is 0 Å². The predicted molar refractivity (Wildman–Crippen MR) is 72.7 cm³/mol. The Morgan fingerprint density at radius 3 is 2.59 bits per heavy atom. The fourth-order valence-electron chi connectivity index (χ4n) is 1.46. The van der Waals surface area contributed by atoms with Crippen LogP contribution in [0.4, 0.5) is 0 Å². The second-order valence-corrected chi connectivity index (χ2v) is 4.73. The van der Waals surface area contributed by atoms with Crippen LogP contribution in [0, 0.1) is 0 Å². The number of nitrogens with two attached hydrogens (primary N) is 1. The molecule has 5 heteroatoms. The van der Waals surface area contributed by atoms with Crippen molar-refractivity contribution in [3.05, 3.63) is 33.8 Å². The predicted octanol–water partition coefficient (Wildman–Crippen LogP) is 2.62. The SMILES string of the molecule is COC(C)CNC(CN)c1ccc(Cl)c(Cl)c1. The Morgan fingerprint density at radius 2 is 2.06 bits per heavy atom. The molecule has 0 fully saturated rings. The number of hydrogen-bond donors (Lipinski definition) is 2. The molecule has 96 valence electrons. The van der Waals surface area contributed by atoms with Crippen LogP contribution in [0.1, 0.15) is 18.5 Å². The fourth-order valence-corrected chi connectivity index (χ4v) is 1.76. The van der Waals surface area contributed by atoms with Crippen LogP contribution in [0.2, 0.25) is 10.0 Å². The largest absolute Gasteiger partial charge is 0.380 e. The summed E-state index contributed by atoms with van der Waals surface area (Å²) in [5.74, 6) is 0. The molecule has 0 aliphatic carbocycles. The second-order valence-electron chi connectivity index (χ2n) is 3.92. The van der Waals surface area contributed by atoms with Crippen molar-refractivity contribution in [2.75, 3.05) is 20.2 Å². The van der Waals surface area contributed by atoms with E-state index >= 15 is 0 Å². The lowest BCUT2D eigenvalue weighted by Crippen LogP contribution is -2.33. The van der Waals surface area contributed by atoms with Gasteiger partial charge in [0.25, 0.3) is 0 Å². The number of nitrogens with one attached hydrogen (secondary N) is 1. The molecule has 1 aromatic rings. The minimum Gasteiger partial charge on any atom is -0.380 e. The van der Waals surface area contributed by atoms with E-state index < -0.39 is 0 Å². The van der Waals surface area contributed by atoms with Crippen molar-refractivity contribution in [1.82, 2.24) is 5.32 Å². The van der Waals surface area contributed by atoms with Gasteiger partial charge in [-0.2, -0.15) is 0 Å². The Labute approximate surface area is 112 Å². The van der Waals surface area contributed by atoms with Crippen molar-refractivity contribution in [2.24, 2.45) is 5.73 Å². The van der Waals surface area contributed by atoms with E-state index in [9.17, 15) is 0 Å². The van der Waals surface area contributed by atoms with Crippen LogP contribution in [0.3, 0.4) is 0 Å². The Kier molecular flexibility index (Phi) is 6.23. The first-order valence-electron chi connectivity index (χ1n) is 5.49. The summed E-state index contributed by atoms with van der Waals surface area (Å²) in [5.41, 5.74) is 6.77. The van der Waals surface area contributed by atoms with Gasteiger partial charge in [0, 0.05) is 26.2 Å². The van der Waals surface area contributed by atoms with Crippen LogP contribution >= 0.6 is 23.2 Å². The Hall–Kier alpha value is -0.320. The highest BCUT2D eigenvalue weighted by Crippen LogP contribution is 2.25. The van der Waals surface area contributed by atoms with Gasteiger partial charge in [0.15, 0.2) is 0 Å². The summed E-state index contributed by atoms with van der Waals surface area (Å²) in [7, 11) is 1.68. The van der Waals surface area contributed by atoms with Gasteiger partial charge in [0.2, 0.25) is 0 Å². The molecule has 0 aliphatic heterocycles. The average Bonchev–Trinajstić information content (AvgIpc) is 2.33. The number of hydrogen-bond acceptors (Lipinski definition) is 3. The summed E-state index contributed by atoms with van der Waals surface area (Å²) in [6.07, 6.45) is 0.145. The van der Waals surface area contributed by atoms with Gasteiger partial charge >= 0.3 is 0 Å². The average molecular weight is 277 g/mol. The van der Waals surface area contributed by atoms with Crippen molar-refractivity contribution in [1.29, 1.82) is 0 Å². The van der Waals surface area contributed by atoms with E-state index in [1.807, 2.05) is 19.1 Å². The van der Waals surface area contributed by atoms with Crippen molar-refractivity contribution in [3.63, 3.8) is 0 Å². The summed E-state index contributed by atoms with van der Waals surface area (Å²) in [6.45, 7) is 3.22. The van der Waals surface area contributed by atoms with Gasteiger partial charge in [-0.3, -0.25) is 0 Å².